The molecule has 0 aromatic carbocycles. The fraction of sp³-hybridized carbons (Fsp3) is 0.500. The molecule has 0 aliphatic heterocycles. The highest BCUT2D eigenvalue weighted by Crippen LogP contribution is 2.16. The Morgan fingerprint density at radius 1 is 1.69 bits per heavy atom. The van der Waals surface area contributed by atoms with Crippen LogP contribution in [-0.4, -0.2) is 28.2 Å². The van der Waals surface area contributed by atoms with Crippen molar-refractivity contribution in [1.29, 1.82) is 0 Å². The van der Waals surface area contributed by atoms with E-state index in [4.69, 9.17) is 11.6 Å². The van der Waals surface area contributed by atoms with Gasteiger partial charge in [0.2, 0.25) is 0 Å². The van der Waals surface area contributed by atoms with Crippen LogP contribution in [0.15, 0.2) is 11.4 Å². The lowest BCUT2D eigenvalue weighted by atomic mass is 10.2. The average Bonchev–Trinajstić information content (AvgIpc) is 2.29. The van der Waals surface area contributed by atoms with Crippen LogP contribution in [0.3, 0.4) is 0 Å². The lowest BCUT2D eigenvalue weighted by Crippen LogP contribution is -2.32. The molecular formula is C10H14ClN3OS. The number of hydrogen-bond donors (Lipinski definition) is 1. The zero-order valence-electron chi connectivity index (χ0n) is 9.45. The molecule has 1 atom stereocenters. The topological polar surface area (TPSA) is 54.9 Å². The van der Waals surface area contributed by atoms with Gasteiger partial charge in [0.05, 0.1) is 11.2 Å². The van der Waals surface area contributed by atoms with Crippen LogP contribution in [0.4, 0.5) is 0 Å². The Kier molecular flexibility index (Phi) is 5.02. The van der Waals surface area contributed by atoms with Gasteiger partial charge in [-0.25, -0.2) is 9.97 Å². The first-order valence-electron chi connectivity index (χ1n) is 4.95. The molecule has 1 aromatic rings. The zero-order valence-corrected chi connectivity index (χ0v) is 11.0. The highest BCUT2D eigenvalue weighted by atomic mass is 35.5. The number of nitrogens with zero attached hydrogens (tertiary/aromatic N) is 2. The highest BCUT2D eigenvalue weighted by molar-refractivity contribution is 7.98. The molecule has 0 aliphatic carbocycles. The maximum atomic E-state index is 11.8. The smallest absolute Gasteiger partial charge is 0.271 e. The second-order valence-corrected chi connectivity index (χ2v) is 4.52. The number of nitrogens with one attached hydrogen (secondary N) is 1. The van der Waals surface area contributed by atoms with Crippen molar-refractivity contribution in [1.82, 2.24) is 15.3 Å². The minimum absolute atomic E-state index is 0.108. The first-order chi connectivity index (χ1) is 7.58. The fourth-order valence-corrected chi connectivity index (χ4v) is 1.52. The van der Waals surface area contributed by atoms with Crippen LogP contribution in [-0.2, 0) is 0 Å². The largest absolute Gasteiger partial charge is 0.348 e. The van der Waals surface area contributed by atoms with Crippen molar-refractivity contribution >= 4 is 29.3 Å². The number of hydrogen-bond acceptors (Lipinski definition) is 4. The van der Waals surface area contributed by atoms with Gasteiger partial charge in [0.15, 0.2) is 10.9 Å². The van der Waals surface area contributed by atoms with E-state index >= 15 is 0 Å². The lowest BCUT2D eigenvalue weighted by Gasteiger charge is -2.11. The van der Waals surface area contributed by atoms with Crippen LogP contribution in [0.1, 0.15) is 30.8 Å². The summed E-state index contributed by atoms with van der Waals surface area (Å²) in [6, 6.07) is 0.108. The zero-order chi connectivity index (χ0) is 12.1. The molecule has 0 bridgehead atoms. The molecule has 1 N–H and O–H groups in total. The summed E-state index contributed by atoms with van der Waals surface area (Å²) in [5.74, 6) is -0.253. The predicted molar refractivity (Wildman–Crippen MR) is 66.0 cm³/mol. The molecule has 1 aromatic heterocycles. The van der Waals surface area contributed by atoms with Crippen molar-refractivity contribution in [2.75, 3.05) is 6.26 Å². The molecule has 6 heteroatoms. The summed E-state index contributed by atoms with van der Waals surface area (Å²) in [6.07, 6.45) is 4.16. The maximum absolute atomic E-state index is 11.8. The van der Waals surface area contributed by atoms with Crippen LogP contribution in [0, 0.1) is 0 Å². The predicted octanol–water partition coefficient (Wildman–Crippen LogP) is 2.38. The van der Waals surface area contributed by atoms with Gasteiger partial charge < -0.3 is 5.32 Å². The molecule has 4 nitrogen and oxygen atoms in total. The Hall–Kier alpha value is -0.810. The summed E-state index contributed by atoms with van der Waals surface area (Å²) in [5.41, 5.74) is 0.237. The molecule has 1 amide bonds. The standard InChI is InChI=1S/C10H14ClN3OS/c1-4-6(2)13-9(15)8-7(11)5-12-10(14-8)16-3/h5-6H,4H2,1-3H3,(H,13,15)/t6-/m0/s1. The van der Waals surface area contributed by atoms with E-state index in [1.54, 1.807) is 0 Å². The molecule has 88 valence electrons. The summed E-state index contributed by atoms with van der Waals surface area (Å²) in [4.78, 5) is 19.9. The Bertz CT molecular complexity index is 386. The van der Waals surface area contributed by atoms with E-state index in [0.29, 0.717) is 5.16 Å². The highest BCUT2D eigenvalue weighted by Gasteiger charge is 2.15. The van der Waals surface area contributed by atoms with E-state index in [1.165, 1.54) is 18.0 Å². The second-order valence-electron chi connectivity index (χ2n) is 3.34. The van der Waals surface area contributed by atoms with E-state index in [-0.39, 0.29) is 22.7 Å². The van der Waals surface area contributed by atoms with Gasteiger partial charge in [-0.15, -0.1) is 0 Å². The van der Waals surface area contributed by atoms with Gasteiger partial charge in [-0.1, -0.05) is 30.3 Å². The molecule has 0 fully saturated rings. The van der Waals surface area contributed by atoms with Gasteiger partial charge in [-0.05, 0) is 19.6 Å². The molecule has 1 heterocycles. The molecular weight excluding hydrogens is 246 g/mol. The average molecular weight is 260 g/mol. The summed E-state index contributed by atoms with van der Waals surface area (Å²) in [6.45, 7) is 3.93. The van der Waals surface area contributed by atoms with E-state index in [1.807, 2.05) is 20.1 Å². The fourth-order valence-electron chi connectivity index (χ4n) is 1.00. The van der Waals surface area contributed by atoms with Crippen molar-refractivity contribution in [2.45, 2.75) is 31.5 Å². The van der Waals surface area contributed by atoms with Crippen molar-refractivity contribution in [3.8, 4) is 0 Å². The monoisotopic (exact) mass is 259 g/mol. The number of halogens is 1. The van der Waals surface area contributed by atoms with Crippen molar-refractivity contribution < 1.29 is 4.79 Å². The minimum Gasteiger partial charge on any atom is -0.348 e. The molecule has 0 saturated carbocycles. The molecule has 16 heavy (non-hydrogen) atoms. The first kappa shape index (κ1) is 13.3. The molecule has 0 spiro atoms. The van der Waals surface area contributed by atoms with Crippen LogP contribution < -0.4 is 5.32 Å². The Morgan fingerprint density at radius 2 is 2.38 bits per heavy atom. The van der Waals surface area contributed by atoms with Crippen molar-refractivity contribution in [3.05, 3.63) is 16.9 Å². The number of thioether (sulfide) groups is 1. The van der Waals surface area contributed by atoms with Crippen LogP contribution in [0.2, 0.25) is 5.02 Å². The second kappa shape index (κ2) is 6.06. The van der Waals surface area contributed by atoms with Gasteiger partial charge in [-0.2, -0.15) is 0 Å². The Balaban J connectivity index is 2.89. The number of carbonyl (C=O) groups excluding carboxylic acids is 1. The number of amides is 1. The van der Waals surface area contributed by atoms with Crippen LogP contribution in [0.5, 0.6) is 0 Å². The maximum Gasteiger partial charge on any atom is 0.271 e. The van der Waals surface area contributed by atoms with Gasteiger partial charge >= 0.3 is 0 Å². The van der Waals surface area contributed by atoms with E-state index < -0.39 is 0 Å². The molecule has 0 saturated heterocycles. The third-order valence-corrected chi connectivity index (χ3v) is 2.95. The summed E-state index contributed by atoms with van der Waals surface area (Å²) < 4.78 is 0. The molecule has 0 unspecified atom stereocenters. The third kappa shape index (κ3) is 3.35. The molecule has 0 radical (unpaired) electrons. The van der Waals surface area contributed by atoms with Crippen LogP contribution >= 0.6 is 23.4 Å². The van der Waals surface area contributed by atoms with Crippen molar-refractivity contribution in [2.24, 2.45) is 0 Å². The summed E-state index contributed by atoms with van der Waals surface area (Å²) in [5, 5.41) is 3.63. The van der Waals surface area contributed by atoms with Gasteiger partial charge in [0, 0.05) is 6.04 Å². The Morgan fingerprint density at radius 3 is 2.94 bits per heavy atom. The number of carbonyl (C=O) groups is 1. The number of aromatic nitrogens is 2. The van der Waals surface area contributed by atoms with Crippen LogP contribution in [0.25, 0.3) is 0 Å². The first-order valence-corrected chi connectivity index (χ1v) is 6.56. The number of rotatable bonds is 4. The van der Waals surface area contributed by atoms with Crippen molar-refractivity contribution in [3.63, 3.8) is 0 Å². The van der Waals surface area contributed by atoms with Gasteiger partial charge in [0.1, 0.15) is 0 Å². The van der Waals surface area contributed by atoms with E-state index in [2.05, 4.69) is 15.3 Å². The summed E-state index contributed by atoms with van der Waals surface area (Å²) in [7, 11) is 0. The Labute approximate surface area is 104 Å². The van der Waals surface area contributed by atoms with E-state index in [9.17, 15) is 4.79 Å². The normalized spacial score (nSPS) is 12.2. The SMILES string of the molecule is CC[C@H](C)NC(=O)c1nc(SC)ncc1Cl. The third-order valence-electron chi connectivity index (χ3n) is 2.11. The summed E-state index contributed by atoms with van der Waals surface area (Å²) >= 11 is 7.25. The quantitative estimate of drug-likeness (QED) is 0.666. The van der Waals surface area contributed by atoms with E-state index in [0.717, 1.165) is 6.42 Å². The van der Waals surface area contributed by atoms with Gasteiger partial charge in [0.25, 0.3) is 5.91 Å². The van der Waals surface area contributed by atoms with Gasteiger partial charge in [-0.3, -0.25) is 4.79 Å². The molecule has 0 aliphatic rings. The molecule has 1 rings (SSSR count). The minimum atomic E-state index is -0.253. The lowest BCUT2D eigenvalue weighted by molar-refractivity contribution is 0.0933.